The Hall–Kier alpha value is -2.83. The molecule has 2 heterocycles. The summed E-state index contributed by atoms with van der Waals surface area (Å²) in [5.74, 6) is -0.750. The summed E-state index contributed by atoms with van der Waals surface area (Å²) in [6.07, 6.45) is -2.13. The summed E-state index contributed by atoms with van der Waals surface area (Å²) < 4.78 is 47.6. The number of aromatic amines is 1. The van der Waals surface area contributed by atoms with Gasteiger partial charge in [-0.25, -0.2) is 9.67 Å². The molecule has 0 saturated carbocycles. The Morgan fingerprint density at radius 1 is 1.34 bits per heavy atom. The van der Waals surface area contributed by atoms with Crippen LogP contribution in [-0.2, 0) is 4.74 Å². The Morgan fingerprint density at radius 2 is 2.14 bits per heavy atom. The summed E-state index contributed by atoms with van der Waals surface area (Å²) in [4.78, 5) is 19.1. The Balaban J connectivity index is 1.73. The van der Waals surface area contributed by atoms with Crippen LogP contribution in [0.5, 0.6) is 5.75 Å². The Labute approximate surface area is 166 Å². The Kier molecular flexibility index (Phi) is 6.25. The van der Waals surface area contributed by atoms with E-state index in [1.165, 1.54) is 23.1 Å². The number of H-pyrrole nitrogens is 1. The van der Waals surface area contributed by atoms with E-state index >= 15 is 0 Å². The maximum atomic E-state index is 12.4. The average Bonchev–Trinajstić information content (AvgIpc) is 3.27. The maximum absolute atomic E-state index is 12.4. The monoisotopic (exact) mass is 432 g/mol. The molecule has 9 nitrogen and oxygen atoms in total. The van der Waals surface area contributed by atoms with Gasteiger partial charge in [0, 0.05) is 25.4 Å². The number of fused-ring (bicyclic) bond motifs is 1. The van der Waals surface area contributed by atoms with Gasteiger partial charge < -0.3 is 25.5 Å². The molecule has 0 atom stereocenters. The highest BCUT2D eigenvalue weighted by atomic mass is 35.5. The smallest absolute Gasteiger partial charge is 0.404 e. The van der Waals surface area contributed by atoms with E-state index in [2.05, 4.69) is 25.1 Å². The number of imidazole rings is 1. The number of hydrogen-bond donors (Lipinski definition) is 3. The zero-order chi connectivity index (χ0) is 21.0. The first kappa shape index (κ1) is 20.9. The van der Waals surface area contributed by atoms with Crippen LogP contribution in [0.25, 0.3) is 17.0 Å². The molecule has 156 valence electrons. The van der Waals surface area contributed by atoms with Crippen molar-refractivity contribution in [3.8, 4) is 11.7 Å². The fourth-order valence-electron chi connectivity index (χ4n) is 2.39. The van der Waals surface area contributed by atoms with Gasteiger partial charge in [-0.3, -0.25) is 4.79 Å². The molecule has 0 bridgehead atoms. The van der Waals surface area contributed by atoms with E-state index in [4.69, 9.17) is 22.1 Å². The highest BCUT2D eigenvalue weighted by molar-refractivity contribution is 6.32. The van der Waals surface area contributed by atoms with Crippen molar-refractivity contribution in [2.75, 3.05) is 26.3 Å². The summed E-state index contributed by atoms with van der Waals surface area (Å²) in [5.41, 5.74) is 6.12. The first-order valence-electron chi connectivity index (χ1n) is 8.33. The fourth-order valence-corrected chi connectivity index (χ4v) is 2.59. The SMILES string of the molecule is NCCOCCNC(=O)c1cnn(-c2nc3cc(OC(F)(F)F)c(Cl)cc3[nH]2)c1. The van der Waals surface area contributed by atoms with E-state index in [1.807, 2.05) is 0 Å². The highest BCUT2D eigenvalue weighted by Gasteiger charge is 2.32. The van der Waals surface area contributed by atoms with Crippen LogP contribution in [0, 0.1) is 0 Å². The van der Waals surface area contributed by atoms with Crippen LogP contribution in [0.15, 0.2) is 24.5 Å². The van der Waals surface area contributed by atoms with E-state index < -0.39 is 12.1 Å². The van der Waals surface area contributed by atoms with Crippen LogP contribution in [0.4, 0.5) is 13.2 Å². The summed E-state index contributed by atoms with van der Waals surface area (Å²) in [6.45, 7) is 1.42. The van der Waals surface area contributed by atoms with Gasteiger partial charge in [0.2, 0.25) is 5.95 Å². The molecular formula is C16H16ClF3N6O3. The Bertz CT molecular complexity index is 1000. The first-order chi connectivity index (χ1) is 13.8. The number of carbonyl (C=O) groups excluding carboxylic acids is 1. The lowest BCUT2D eigenvalue weighted by molar-refractivity contribution is -0.274. The van der Waals surface area contributed by atoms with Crippen LogP contribution < -0.4 is 15.8 Å². The molecule has 3 rings (SSSR count). The highest BCUT2D eigenvalue weighted by Crippen LogP contribution is 2.33. The van der Waals surface area contributed by atoms with Crippen molar-refractivity contribution >= 4 is 28.5 Å². The van der Waals surface area contributed by atoms with Crippen molar-refractivity contribution in [1.82, 2.24) is 25.1 Å². The second-order valence-corrected chi connectivity index (χ2v) is 6.15. The third-order valence-corrected chi connectivity index (χ3v) is 3.90. The molecule has 13 heteroatoms. The van der Waals surface area contributed by atoms with Gasteiger partial charge in [-0.2, -0.15) is 5.10 Å². The second kappa shape index (κ2) is 8.68. The number of benzene rings is 1. The van der Waals surface area contributed by atoms with Crippen molar-refractivity contribution in [2.45, 2.75) is 6.36 Å². The van der Waals surface area contributed by atoms with Gasteiger partial charge in [0.15, 0.2) is 0 Å². The van der Waals surface area contributed by atoms with E-state index in [0.29, 0.717) is 31.8 Å². The molecule has 4 N–H and O–H groups in total. The number of aromatic nitrogens is 4. The zero-order valence-corrected chi connectivity index (χ0v) is 15.5. The van der Waals surface area contributed by atoms with Crippen LogP contribution >= 0.6 is 11.6 Å². The maximum Gasteiger partial charge on any atom is 0.573 e. The summed E-state index contributed by atoms with van der Waals surface area (Å²) in [5, 5.41) is 6.46. The van der Waals surface area contributed by atoms with Crippen LogP contribution in [0.2, 0.25) is 5.02 Å². The number of hydrogen-bond acceptors (Lipinski definition) is 6. The zero-order valence-electron chi connectivity index (χ0n) is 14.8. The summed E-state index contributed by atoms with van der Waals surface area (Å²) in [6, 6.07) is 2.32. The first-order valence-corrected chi connectivity index (χ1v) is 8.70. The third-order valence-electron chi connectivity index (χ3n) is 3.60. The minimum Gasteiger partial charge on any atom is -0.404 e. The number of ether oxygens (including phenoxy) is 2. The topological polar surface area (TPSA) is 120 Å². The minimum absolute atomic E-state index is 0.183. The van der Waals surface area contributed by atoms with Gasteiger partial charge in [0.1, 0.15) is 5.75 Å². The average molecular weight is 433 g/mol. The van der Waals surface area contributed by atoms with Gasteiger partial charge >= 0.3 is 6.36 Å². The molecule has 0 aliphatic rings. The quantitative estimate of drug-likeness (QED) is 0.468. The number of rotatable bonds is 8. The number of carbonyl (C=O) groups is 1. The molecule has 0 aliphatic heterocycles. The van der Waals surface area contributed by atoms with Crippen LogP contribution in [0.1, 0.15) is 10.4 Å². The largest absolute Gasteiger partial charge is 0.573 e. The standard InChI is InChI=1S/C16H16ClF3N6O3/c17-10-5-11-12(6-13(10)29-16(18,19)20)25-15(24-11)26-8-9(7-23-26)14(27)22-2-4-28-3-1-21/h5-8H,1-4,21H2,(H,22,27)(H,24,25). The molecule has 0 aliphatic carbocycles. The van der Waals surface area contributed by atoms with Crippen molar-refractivity contribution in [1.29, 1.82) is 0 Å². The molecule has 29 heavy (non-hydrogen) atoms. The van der Waals surface area contributed by atoms with Gasteiger partial charge in [-0.1, -0.05) is 11.6 Å². The fraction of sp³-hybridized carbons (Fsp3) is 0.312. The minimum atomic E-state index is -4.88. The van der Waals surface area contributed by atoms with Crippen molar-refractivity contribution in [2.24, 2.45) is 5.73 Å². The predicted octanol–water partition coefficient (Wildman–Crippen LogP) is 2.01. The molecular weight excluding hydrogens is 417 g/mol. The Morgan fingerprint density at radius 3 is 2.86 bits per heavy atom. The van der Waals surface area contributed by atoms with Crippen molar-refractivity contribution < 1.29 is 27.4 Å². The lowest BCUT2D eigenvalue weighted by atomic mass is 10.3. The van der Waals surface area contributed by atoms with Gasteiger partial charge in [0.05, 0.1) is 41.0 Å². The number of halogens is 4. The van der Waals surface area contributed by atoms with E-state index in [0.717, 1.165) is 6.07 Å². The summed E-state index contributed by atoms with van der Waals surface area (Å²) in [7, 11) is 0. The second-order valence-electron chi connectivity index (χ2n) is 5.74. The van der Waals surface area contributed by atoms with Gasteiger partial charge in [-0.05, 0) is 6.07 Å². The predicted molar refractivity (Wildman–Crippen MR) is 97.1 cm³/mol. The van der Waals surface area contributed by atoms with E-state index in [1.54, 1.807) is 0 Å². The number of amides is 1. The van der Waals surface area contributed by atoms with E-state index in [-0.39, 0.29) is 28.0 Å². The van der Waals surface area contributed by atoms with Crippen LogP contribution in [-0.4, -0.2) is 58.3 Å². The molecule has 0 radical (unpaired) electrons. The molecule has 3 aromatic rings. The lowest BCUT2D eigenvalue weighted by Crippen LogP contribution is -2.27. The van der Waals surface area contributed by atoms with Crippen molar-refractivity contribution in [3.05, 3.63) is 35.1 Å². The summed E-state index contributed by atoms with van der Waals surface area (Å²) >= 11 is 5.83. The number of nitrogens with zero attached hydrogens (tertiary/aromatic N) is 3. The van der Waals surface area contributed by atoms with Crippen LogP contribution in [0.3, 0.4) is 0 Å². The molecule has 2 aromatic heterocycles. The molecule has 0 fully saturated rings. The number of alkyl halides is 3. The van der Waals surface area contributed by atoms with Crippen molar-refractivity contribution in [3.63, 3.8) is 0 Å². The number of nitrogens with two attached hydrogens (primary N) is 1. The molecule has 0 spiro atoms. The normalized spacial score (nSPS) is 11.8. The van der Waals surface area contributed by atoms with E-state index in [9.17, 15) is 18.0 Å². The number of nitrogens with one attached hydrogen (secondary N) is 2. The third kappa shape index (κ3) is 5.37. The van der Waals surface area contributed by atoms with Gasteiger partial charge in [0.25, 0.3) is 5.91 Å². The molecule has 1 aromatic carbocycles. The molecule has 0 saturated heterocycles. The lowest BCUT2D eigenvalue weighted by Gasteiger charge is -2.09. The van der Waals surface area contributed by atoms with Gasteiger partial charge in [-0.15, -0.1) is 13.2 Å². The molecule has 1 amide bonds. The molecule has 0 unspecified atom stereocenters.